The average molecular weight is 345 g/mol. The smallest absolute Gasteiger partial charge is 0.285 e. The van der Waals surface area contributed by atoms with E-state index in [1.54, 1.807) is 18.2 Å². The summed E-state index contributed by atoms with van der Waals surface area (Å²) in [5.74, 6) is 0.449. The second kappa shape index (κ2) is 5.43. The average Bonchev–Trinajstić information content (AvgIpc) is 2.57. The number of rotatable bonds is 3. The molecule has 0 fully saturated rings. The van der Waals surface area contributed by atoms with Crippen molar-refractivity contribution < 1.29 is 0 Å². The number of aromatic nitrogens is 2. The summed E-state index contributed by atoms with van der Waals surface area (Å²) in [6, 6.07) is 5.05. The van der Waals surface area contributed by atoms with Crippen molar-refractivity contribution in [3.63, 3.8) is 0 Å². The Labute approximate surface area is 124 Å². The lowest BCUT2D eigenvalue weighted by molar-refractivity contribution is 0.626. The van der Waals surface area contributed by atoms with Crippen LogP contribution in [0.3, 0.4) is 0 Å². The van der Waals surface area contributed by atoms with Gasteiger partial charge in [0.1, 0.15) is 4.47 Å². The number of halogens is 2. The third-order valence-corrected chi connectivity index (χ3v) is 3.80. The van der Waals surface area contributed by atoms with E-state index in [4.69, 9.17) is 17.3 Å². The molecule has 0 spiro atoms. The van der Waals surface area contributed by atoms with Gasteiger partial charge >= 0.3 is 0 Å². The van der Waals surface area contributed by atoms with Gasteiger partial charge in [0.2, 0.25) is 0 Å². The summed E-state index contributed by atoms with van der Waals surface area (Å²) in [6.07, 6.45) is 0.788. The van der Waals surface area contributed by atoms with Crippen LogP contribution in [0.5, 0.6) is 0 Å². The lowest BCUT2D eigenvalue weighted by atomic mass is 10.1. The Morgan fingerprint density at radius 2 is 2.16 bits per heavy atom. The number of anilines is 1. The molecule has 0 radical (unpaired) electrons. The topological polar surface area (TPSA) is 63.8 Å². The number of hydrogen-bond donors (Lipinski definition) is 2. The number of H-pyrrole nitrogens is 1. The second-order valence-corrected chi connectivity index (χ2v) is 6.08. The summed E-state index contributed by atoms with van der Waals surface area (Å²) in [5, 5.41) is 3.64. The van der Waals surface area contributed by atoms with Crippen LogP contribution in [-0.2, 0) is 6.42 Å². The summed E-state index contributed by atoms with van der Waals surface area (Å²) in [4.78, 5) is 12.2. The van der Waals surface area contributed by atoms with E-state index in [2.05, 4.69) is 34.9 Å². The molecule has 0 amide bonds. The van der Waals surface area contributed by atoms with Gasteiger partial charge in [-0.3, -0.25) is 9.89 Å². The van der Waals surface area contributed by atoms with Crippen LogP contribution in [0.4, 0.5) is 5.69 Å². The van der Waals surface area contributed by atoms with Crippen LogP contribution >= 0.6 is 27.5 Å². The molecule has 0 bridgehead atoms. The molecule has 2 rings (SSSR count). The predicted molar refractivity (Wildman–Crippen MR) is 82.1 cm³/mol. The number of hydrogen-bond acceptors (Lipinski definition) is 2. The van der Waals surface area contributed by atoms with Gasteiger partial charge < -0.3 is 5.73 Å². The summed E-state index contributed by atoms with van der Waals surface area (Å²) >= 11 is 9.20. The first-order chi connectivity index (χ1) is 8.90. The van der Waals surface area contributed by atoms with Crippen LogP contribution in [0, 0.1) is 5.92 Å². The Morgan fingerprint density at radius 3 is 2.74 bits per heavy atom. The van der Waals surface area contributed by atoms with Gasteiger partial charge in [0.25, 0.3) is 5.56 Å². The monoisotopic (exact) mass is 343 g/mol. The minimum Gasteiger partial charge on any atom is -0.397 e. The van der Waals surface area contributed by atoms with E-state index < -0.39 is 0 Å². The summed E-state index contributed by atoms with van der Waals surface area (Å²) in [5.41, 5.74) is 7.68. The highest BCUT2D eigenvalue weighted by Gasteiger charge is 2.15. The first-order valence-corrected chi connectivity index (χ1v) is 7.12. The highest BCUT2D eigenvalue weighted by molar-refractivity contribution is 9.10. The van der Waals surface area contributed by atoms with Crippen LogP contribution in [0.25, 0.3) is 5.69 Å². The van der Waals surface area contributed by atoms with Crippen molar-refractivity contribution in [2.24, 2.45) is 5.92 Å². The van der Waals surface area contributed by atoms with Gasteiger partial charge in [0, 0.05) is 5.02 Å². The van der Waals surface area contributed by atoms with E-state index in [1.165, 1.54) is 4.68 Å². The maximum absolute atomic E-state index is 12.2. The highest BCUT2D eigenvalue weighted by atomic mass is 79.9. The zero-order valence-electron chi connectivity index (χ0n) is 10.7. The Bertz CT molecular complexity index is 660. The fraction of sp³-hybridized carbons (Fsp3) is 0.308. The number of benzene rings is 1. The van der Waals surface area contributed by atoms with Crippen LogP contribution < -0.4 is 11.3 Å². The molecule has 1 aromatic heterocycles. The molecule has 102 valence electrons. The Balaban J connectivity index is 2.54. The SMILES string of the molecule is CC(C)Cc1[nH]n(-c2ccc(Cl)cc2N)c(=O)c1Br. The van der Waals surface area contributed by atoms with Crippen molar-refractivity contribution in [3.8, 4) is 5.69 Å². The molecule has 6 heteroatoms. The molecule has 0 aliphatic rings. The summed E-state index contributed by atoms with van der Waals surface area (Å²) in [7, 11) is 0. The maximum Gasteiger partial charge on any atom is 0.285 e. The van der Waals surface area contributed by atoms with Crippen molar-refractivity contribution in [3.05, 3.63) is 43.7 Å². The number of nitrogens with one attached hydrogen (secondary N) is 1. The van der Waals surface area contributed by atoms with E-state index in [9.17, 15) is 4.79 Å². The Hall–Kier alpha value is -1.20. The molecule has 0 unspecified atom stereocenters. The van der Waals surface area contributed by atoms with Crippen LogP contribution in [0.2, 0.25) is 5.02 Å². The van der Waals surface area contributed by atoms with Crippen molar-refractivity contribution in [1.82, 2.24) is 9.78 Å². The second-order valence-electron chi connectivity index (χ2n) is 4.85. The van der Waals surface area contributed by atoms with Gasteiger partial charge in [-0.15, -0.1) is 0 Å². The zero-order chi connectivity index (χ0) is 14.2. The van der Waals surface area contributed by atoms with Gasteiger partial charge in [-0.2, -0.15) is 0 Å². The van der Waals surface area contributed by atoms with E-state index in [-0.39, 0.29) is 5.56 Å². The first-order valence-electron chi connectivity index (χ1n) is 5.95. The Kier molecular flexibility index (Phi) is 4.06. The first kappa shape index (κ1) is 14.2. The molecule has 0 aliphatic carbocycles. The van der Waals surface area contributed by atoms with Crippen molar-refractivity contribution in [2.45, 2.75) is 20.3 Å². The Morgan fingerprint density at radius 1 is 1.47 bits per heavy atom. The molecule has 1 heterocycles. The van der Waals surface area contributed by atoms with Crippen LogP contribution in [0.1, 0.15) is 19.5 Å². The van der Waals surface area contributed by atoms with Gasteiger partial charge in [-0.1, -0.05) is 25.4 Å². The van der Waals surface area contributed by atoms with Crippen LogP contribution in [0.15, 0.2) is 27.5 Å². The quantitative estimate of drug-likeness (QED) is 0.839. The van der Waals surface area contributed by atoms with Crippen LogP contribution in [-0.4, -0.2) is 9.78 Å². The molecule has 4 nitrogen and oxygen atoms in total. The molecule has 0 atom stereocenters. The molecular weight excluding hydrogens is 330 g/mol. The minimum atomic E-state index is -0.148. The van der Waals surface area contributed by atoms with Crippen molar-refractivity contribution >= 4 is 33.2 Å². The third kappa shape index (κ3) is 2.87. The molecule has 1 aromatic carbocycles. The van der Waals surface area contributed by atoms with Gasteiger partial charge in [-0.25, -0.2) is 4.68 Å². The number of nitrogens with zero attached hydrogens (tertiary/aromatic N) is 1. The van der Waals surface area contributed by atoms with E-state index in [0.717, 1.165) is 12.1 Å². The minimum absolute atomic E-state index is 0.148. The molecule has 3 N–H and O–H groups in total. The lowest BCUT2D eigenvalue weighted by Gasteiger charge is -2.06. The largest absolute Gasteiger partial charge is 0.397 e. The number of nitrogens with two attached hydrogens (primary N) is 1. The number of aromatic amines is 1. The molecule has 2 aromatic rings. The maximum atomic E-state index is 12.2. The zero-order valence-corrected chi connectivity index (χ0v) is 13.0. The van der Waals surface area contributed by atoms with Gasteiger partial charge in [-0.05, 0) is 46.5 Å². The summed E-state index contributed by atoms with van der Waals surface area (Å²) < 4.78 is 1.99. The van der Waals surface area contributed by atoms with E-state index in [0.29, 0.717) is 26.8 Å². The molecule has 0 saturated carbocycles. The van der Waals surface area contributed by atoms with Gasteiger partial charge in [0.15, 0.2) is 0 Å². The third-order valence-electron chi connectivity index (χ3n) is 2.75. The normalized spacial score (nSPS) is 11.2. The fourth-order valence-corrected chi connectivity index (χ4v) is 2.51. The van der Waals surface area contributed by atoms with Crippen molar-refractivity contribution in [1.29, 1.82) is 0 Å². The molecule has 19 heavy (non-hydrogen) atoms. The van der Waals surface area contributed by atoms with Gasteiger partial charge in [0.05, 0.1) is 17.1 Å². The summed E-state index contributed by atoms with van der Waals surface area (Å²) in [6.45, 7) is 4.19. The number of nitrogen functional groups attached to an aromatic ring is 1. The fourth-order valence-electron chi connectivity index (χ4n) is 1.90. The van der Waals surface area contributed by atoms with E-state index >= 15 is 0 Å². The van der Waals surface area contributed by atoms with E-state index in [1.807, 2.05) is 0 Å². The molecular formula is C13H15BrClN3O. The standard InChI is InChI=1S/C13H15BrClN3O/c1-7(2)5-10-12(14)13(19)18(17-10)11-4-3-8(15)6-9(11)16/h3-4,6-7,17H,5,16H2,1-2H3. The lowest BCUT2D eigenvalue weighted by Crippen LogP contribution is -2.16. The molecule has 0 saturated heterocycles. The van der Waals surface area contributed by atoms with Crippen molar-refractivity contribution in [2.75, 3.05) is 5.73 Å². The molecule has 0 aliphatic heterocycles. The highest BCUT2D eigenvalue weighted by Crippen LogP contribution is 2.22. The predicted octanol–water partition coefficient (Wildman–Crippen LogP) is 3.36.